The van der Waals surface area contributed by atoms with Crippen molar-refractivity contribution in [1.29, 1.82) is 0 Å². The van der Waals surface area contributed by atoms with Gasteiger partial charge in [-0.3, -0.25) is 4.79 Å². The molecule has 0 aromatic rings. The lowest BCUT2D eigenvalue weighted by molar-refractivity contribution is -0.140. The Labute approximate surface area is 101 Å². The molecule has 0 aromatic heterocycles. The fourth-order valence-electron chi connectivity index (χ4n) is 2.74. The molecule has 0 bridgehead atoms. The second-order valence-corrected chi connectivity index (χ2v) is 7.31. The highest BCUT2D eigenvalue weighted by Crippen LogP contribution is 2.39. The maximum absolute atomic E-state index is 11.3. The summed E-state index contributed by atoms with van der Waals surface area (Å²) in [4.78, 5) is 11.3. The lowest BCUT2D eigenvalue weighted by Crippen LogP contribution is -2.57. The molecular weight excluding hydrogens is 250 g/mol. The molecule has 1 heterocycles. The molecule has 16 heavy (non-hydrogen) atoms. The Balaban J connectivity index is 2.04. The van der Waals surface area contributed by atoms with Crippen LogP contribution in [0, 0.1) is 11.8 Å². The predicted octanol–water partition coefficient (Wildman–Crippen LogP) is 1.90. The maximum atomic E-state index is 11.3. The molecular formula is C10H16ClNO3S. The fraction of sp³-hybridized carbons (Fsp3) is 0.900. The van der Waals surface area contributed by atoms with E-state index in [0.717, 1.165) is 30.0 Å². The van der Waals surface area contributed by atoms with Crippen LogP contribution >= 0.6 is 10.7 Å². The number of hydrogen-bond acceptors (Lipinski definition) is 3. The Bertz CT molecular complexity index is 387. The van der Waals surface area contributed by atoms with Crippen LogP contribution in [0.5, 0.6) is 0 Å². The van der Waals surface area contributed by atoms with E-state index in [9.17, 15) is 13.2 Å². The largest absolute Gasteiger partial charge is 0.324 e. The molecule has 0 N–H and O–H groups in total. The highest BCUT2D eigenvalue weighted by molar-refractivity contribution is 8.12. The first-order valence-electron chi connectivity index (χ1n) is 5.66. The molecule has 1 atom stereocenters. The van der Waals surface area contributed by atoms with E-state index < -0.39 is 9.24 Å². The van der Waals surface area contributed by atoms with E-state index in [4.69, 9.17) is 10.7 Å². The van der Waals surface area contributed by atoms with Crippen molar-refractivity contribution in [3.05, 3.63) is 0 Å². The van der Waals surface area contributed by atoms with Crippen LogP contribution in [0.4, 0.5) is 0 Å². The van der Waals surface area contributed by atoms with Crippen molar-refractivity contribution in [1.82, 2.24) is 4.31 Å². The number of rotatable bonds is 2. The average molecular weight is 266 g/mol. The third-order valence-electron chi connectivity index (χ3n) is 3.77. The molecule has 0 spiro atoms. The normalized spacial score (nSPS) is 36.0. The van der Waals surface area contributed by atoms with E-state index in [1.165, 1.54) is 0 Å². The quantitative estimate of drug-likeness (QED) is 0.566. The van der Waals surface area contributed by atoms with Gasteiger partial charge in [-0.2, -0.15) is 8.42 Å². The molecule has 6 heteroatoms. The lowest BCUT2D eigenvalue weighted by Gasteiger charge is -2.44. The van der Waals surface area contributed by atoms with Gasteiger partial charge >= 0.3 is 9.24 Å². The first kappa shape index (κ1) is 12.2. The summed E-state index contributed by atoms with van der Waals surface area (Å²) in [7, 11) is 1.38. The number of carbonyl (C=O) groups excluding carboxylic acids is 1. The van der Waals surface area contributed by atoms with E-state index in [1.54, 1.807) is 0 Å². The van der Waals surface area contributed by atoms with Gasteiger partial charge in [0.25, 0.3) is 0 Å². The zero-order valence-electron chi connectivity index (χ0n) is 9.23. The Morgan fingerprint density at radius 1 is 1.25 bits per heavy atom. The van der Waals surface area contributed by atoms with Crippen LogP contribution in [-0.2, 0) is 14.0 Å². The summed E-state index contributed by atoms with van der Waals surface area (Å²) < 4.78 is 23.3. The van der Waals surface area contributed by atoms with E-state index in [-0.39, 0.29) is 11.9 Å². The minimum Gasteiger partial charge on any atom is -0.274 e. The molecule has 1 amide bonds. The highest BCUT2D eigenvalue weighted by atomic mass is 35.7. The molecule has 1 aliphatic heterocycles. The monoisotopic (exact) mass is 265 g/mol. The van der Waals surface area contributed by atoms with Gasteiger partial charge in [-0.1, -0.05) is 19.8 Å². The molecule has 4 nitrogen and oxygen atoms in total. The van der Waals surface area contributed by atoms with Crippen LogP contribution in [0.2, 0.25) is 0 Å². The second kappa shape index (κ2) is 4.18. The fourth-order valence-corrected chi connectivity index (χ4v) is 4.16. The van der Waals surface area contributed by atoms with Crippen LogP contribution in [0.25, 0.3) is 0 Å². The maximum Gasteiger partial charge on any atom is 0.324 e. The van der Waals surface area contributed by atoms with Gasteiger partial charge in [0.2, 0.25) is 5.91 Å². The van der Waals surface area contributed by atoms with E-state index in [1.807, 2.05) is 0 Å². The highest BCUT2D eigenvalue weighted by Gasteiger charge is 2.47. The smallest absolute Gasteiger partial charge is 0.274 e. The van der Waals surface area contributed by atoms with Crippen LogP contribution in [0.3, 0.4) is 0 Å². The predicted molar refractivity (Wildman–Crippen MR) is 61.1 cm³/mol. The van der Waals surface area contributed by atoms with Crippen LogP contribution < -0.4 is 0 Å². The van der Waals surface area contributed by atoms with Gasteiger partial charge in [0.05, 0.1) is 6.04 Å². The van der Waals surface area contributed by atoms with E-state index in [2.05, 4.69) is 6.92 Å². The average Bonchev–Trinajstić information content (AvgIpc) is 2.13. The summed E-state index contributed by atoms with van der Waals surface area (Å²) >= 11 is 0. The minimum absolute atomic E-state index is 0.178. The summed E-state index contributed by atoms with van der Waals surface area (Å²) in [6.07, 6.45) is 4.58. The Morgan fingerprint density at radius 3 is 2.25 bits per heavy atom. The molecule has 2 fully saturated rings. The van der Waals surface area contributed by atoms with Crippen LogP contribution in [0.15, 0.2) is 0 Å². The van der Waals surface area contributed by atoms with E-state index in [0.29, 0.717) is 18.3 Å². The Kier molecular flexibility index (Phi) is 3.18. The Hall–Kier alpha value is -0.290. The molecule has 1 unspecified atom stereocenters. The summed E-state index contributed by atoms with van der Waals surface area (Å²) in [5, 5.41) is 0. The third-order valence-corrected chi connectivity index (χ3v) is 5.16. The zero-order chi connectivity index (χ0) is 11.9. The van der Waals surface area contributed by atoms with E-state index >= 15 is 0 Å². The molecule has 1 saturated carbocycles. The molecule has 2 aliphatic rings. The van der Waals surface area contributed by atoms with Gasteiger partial charge in [-0.15, -0.1) is 0 Å². The molecule has 2 rings (SSSR count). The van der Waals surface area contributed by atoms with Crippen LogP contribution in [-0.4, -0.2) is 24.7 Å². The van der Waals surface area contributed by atoms with Gasteiger partial charge in [-0.05, 0) is 24.7 Å². The van der Waals surface area contributed by atoms with Crippen molar-refractivity contribution in [3.8, 4) is 0 Å². The van der Waals surface area contributed by atoms with Crippen molar-refractivity contribution in [2.45, 2.75) is 45.1 Å². The van der Waals surface area contributed by atoms with Crippen molar-refractivity contribution < 1.29 is 13.2 Å². The number of β-lactam (4-membered cyclic amide) rings is 1. The SMILES string of the molecule is CC1CCC(C2CC(=O)N2S(=O)(=O)Cl)CC1. The van der Waals surface area contributed by atoms with Gasteiger partial charge in [0.15, 0.2) is 0 Å². The number of carbonyl (C=O) groups is 1. The number of halogens is 1. The second-order valence-electron chi connectivity index (χ2n) is 4.92. The van der Waals surface area contributed by atoms with Gasteiger partial charge in [0, 0.05) is 17.1 Å². The molecule has 1 aliphatic carbocycles. The van der Waals surface area contributed by atoms with Crippen LogP contribution in [0.1, 0.15) is 39.0 Å². The first-order chi connectivity index (χ1) is 7.39. The number of amides is 1. The first-order valence-corrected chi connectivity index (χ1v) is 7.93. The summed E-state index contributed by atoms with van der Waals surface area (Å²) in [5.41, 5.74) is 0. The van der Waals surface area contributed by atoms with Crippen molar-refractivity contribution in [3.63, 3.8) is 0 Å². The number of nitrogens with zero attached hydrogens (tertiary/aromatic N) is 1. The van der Waals surface area contributed by atoms with Crippen molar-refractivity contribution in [2.75, 3.05) is 0 Å². The third kappa shape index (κ3) is 2.20. The molecule has 92 valence electrons. The summed E-state index contributed by atoms with van der Waals surface area (Å²) in [6, 6.07) is -0.178. The molecule has 1 saturated heterocycles. The molecule has 0 radical (unpaired) electrons. The Morgan fingerprint density at radius 2 is 1.81 bits per heavy atom. The van der Waals surface area contributed by atoms with Gasteiger partial charge < -0.3 is 0 Å². The standard InChI is InChI=1S/C10H16ClNO3S/c1-7-2-4-8(5-3-7)9-6-10(13)12(9)16(11,14)15/h7-9H,2-6H2,1H3. The molecule has 0 aromatic carbocycles. The van der Waals surface area contributed by atoms with Gasteiger partial charge in [0.1, 0.15) is 0 Å². The number of hydrogen-bond donors (Lipinski definition) is 0. The summed E-state index contributed by atoms with van der Waals surface area (Å²) in [5.74, 6) is 0.661. The van der Waals surface area contributed by atoms with Gasteiger partial charge in [-0.25, -0.2) is 4.31 Å². The lowest BCUT2D eigenvalue weighted by atomic mass is 9.76. The topological polar surface area (TPSA) is 54.5 Å². The zero-order valence-corrected chi connectivity index (χ0v) is 10.8. The minimum atomic E-state index is -3.87. The van der Waals surface area contributed by atoms with Crippen molar-refractivity contribution in [2.24, 2.45) is 11.8 Å². The summed E-state index contributed by atoms with van der Waals surface area (Å²) in [6.45, 7) is 2.21. The van der Waals surface area contributed by atoms with Crippen molar-refractivity contribution >= 4 is 25.8 Å².